The highest BCUT2D eigenvalue weighted by molar-refractivity contribution is 8.18. The van der Waals surface area contributed by atoms with Gasteiger partial charge in [0.2, 0.25) is 0 Å². The van der Waals surface area contributed by atoms with Gasteiger partial charge in [0, 0.05) is 6.54 Å². The number of thioether (sulfide) groups is 1. The lowest BCUT2D eigenvalue weighted by Gasteiger charge is -2.26. The van der Waals surface area contributed by atoms with E-state index >= 15 is 0 Å². The predicted octanol–water partition coefficient (Wildman–Crippen LogP) is 2.88. The van der Waals surface area contributed by atoms with Gasteiger partial charge >= 0.3 is 0 Å². The van der Waals surface area contributed by atoms with Crippen LogP contribution in [0.15, 0.2) is 29.2 Å². The molecule has 2 amide bonds. The molecule has 5 nitrogen and oxygen atoms in total. The zero-order valence-corrected chi connectivity index (χ0v) is 13.7. The minimum atomic E-state index is -0.332. The Hall–Kier alpha value is -1.79. The number of piperidine rings is 1. The lowest BCUT2D eigenvalue weighted by atomic mass is 10.1. The van der Waals surface area contributed by atoms with Crippen molar-refractivity contribution in [2.24, 2.45) is 0 Å². The molecule has 0 aliphatic carbocycles. The van der Waals surface area contributed by atoms with Crippen LogP contribution in [0.4, 0.5) is 4.79 Å². The number of nitrogens with zero attached hydrogens (tertiary/aromatic N) is 1. The maximum Gasteiger partial charge on any atom is 0.290 e. The second kappa shape index (κ2) is 7.66. The van der Waals surface area contributed by atoms with E-state index in [2.05, 4.69) is 10.2 Å². The van der Waals surface area contributed by atoms with Crippen LogP contribution in [0.2, 0.25) is 0 Å². The fraction of sp³-hybridized carbons (Fsp3) is 0.412. The summed E-state index contributed by atoms with van der Waals surface area (Å²) in [5.41, 5.74) is 0.876. The predicted molar refractivity (Wildman–Crippen MR) is 91.3 cm³/mol. The summed E-state index contributed by atoms with van der Waals surface area (Å²) >= 11 is 0.927. The Morgan fingerprint density at radius 2 is 1.87 bits per heavy atom. The van der Waals surface area contributed by atoms with Gasteiger partial charge in [-0.15, -0.1) is 0 Å². The van der Waals surface area contributed by atoms with Crippen LogP contribution in [0.25, 0.3) is 6.08 Å². The molecule has 23 heavy (non-hydrogen) atoms. The Morgan fingerprint density at radius 3 is 2.52 bits per heavy atom. The van der Waals surface area contributed by atoms with Crippen molar-refractivity contribution in [2.75, 3.05) is 26.2 Å². The fourth-order valence-electron chi connectivity index (χ4n) is 2.71. The van der Waals surface area contributed by atoms with Crippen molar-refractivity contribution in [3.05, 3.63) is 34.7 Å². The first kappa shape index (κ1) is 16.1. The van der Waals surface area contributed by atoms with Gasteiger partial charge in [0.1, 0.15) is 12.4 Å². The normalized spacial score (nSPS) is 20.8. The number of carbonyl (C=O) groups excluding carboxylic acids is 2. The Morgan fingerprint density at radius 1 is 1.13 bits per heavy atom. The SMILES string of the molecule is O=C1NC(=O)C(=Cc2ccc(OCCN3CCCCC3)cc2)S1. The van der Waals surface area contributed by atoms with Crippen LogP contribution >= 0.6 is 11.8 Å². The summed E-state index contributed by atoms with van der Waals surface area (Å²) in [4.78, 5) is 25.5. The lowest BCUT2D eigenvalue weighted by molar-refractivity contribution is -0.115. The average Bonchev–Trinajstić information content (AvgIpc) is 2.88. The Balaban J connectivity index is 1.50. The highest BCUT2D eigenvalue weighted by atomic mass is 32.2. The number of carbonyl (C=O) groups is 2. The number of benzene rings is 1. The molecule has 0 aromatic heterocycles. The molecule has 1 N–H and O–H groups in total. The second-order valence-electron chi connectivity index (χ2n) is 5.67. The van der Waals surface area contributed by atoms with Gasteiger partial charge in [0.15, 0.2) is 0 Å². The van der Waals surface area contributed by atoms with Gasteiger partial charge in [-0.3, -0.25) is 19.8 Å². The van der Waals surface area contributed by atoms with E-state index in [0.29, 0.717) is 11.5 Å². The number of nitrogens with one attached hydrogen (secondary N) is 1. The Bertz CT molecular complexity index is 607. The van der Waals surface area contributed by atoms with E-state index in [1.807, 2.05) is 24.3 Å². The molecule has 2 fully saturated rings. The van der Waals surface area contributed by atoms with E-state index in [0.717, 1.165) is 29.6 Å². The molecule has 0 radical (unpaired) electrons. The van der Waals surface area contributed by atoms with Gasteiger partial charge < -0.3 is 4.74 Å². The summed E-state index contributed by atoms with van der Waals surface area (Å²) in [7, 11) is 0. The zero-order valence-electron chi connectivity index (χ0n) is 12.9. The van der Waals surface area contributed by atoms with E-state index < -0.39 is 0 Å². The van der Waals surface area contributed by atoms with Gasteiger partial charge in [-0.2, -0.15) is 0 Å². The van der Waals surface area contributed by atoms with Crippen LogP contribution in [0.5, 0.6) is 5.75 Å². The molecular weight excluding hydrogens is 312 g/mol. The molecule has 2 aliphatic rings. The van der Waals surface area contributed by atoms with Crippen molar-refractivity contribution in [2.45, 2.75) is 19.3 Å². The molecule has 0 bridgehead atoms. The third-order valence-corrected chi connectivity index (χ3v) is 4.76. The number of amides is 2. The molecule has 6 heteroatoms. The molecule has 0 saturated carbocycles. The summed E-state index contributed by atoms with van der Waals surface area (Å²) < 4.78 is 5.77. The topological polar surface area (TPSA) is 58.6 Å². The van der Waals surface area contributed by atoms with Gasteiger partial charge in [-0.25, -0.2) is 0 Å². The first-order chi connectivity index (χ1) is 11.2. The third kappa shape index (κ3) is 4.59. The van der Waals surface area contributed by atoms with Gasteiger partial charge in [-0.05, 0) is 61.5 Å². The molecule has 0 spiro atoms. The number of hydrogen-bond donors (Lipinski definition) is 1. The van der Waals surface area contributed by atoms with Gasteiger partial charge in [-0.1, -0.05) is 18.6 Å². The fourth-order valence-corrected chi connectivity index (χ4v) is 3.39. The minimum absolute atomic E-state index is 0.320. The summed E-state index contributed by atoms with van der Waals surface area (Å²) in [5, 5.41) is 1.92. The van der Waals surface area contributed by atoms with Crippen LogP contribution in [-0.4, -0.2) is 42.3 Å². The maximum atomic E-state index is 11.5. The maximum absolute atomic E-state index is 11.5. The lowest BCUT2D eigenvalue weighted by Crippen LogP contribution is -2.33. The average molecular weight is 332 g/mol. The molecule has 2 saturated heterocycles. The molecule has 122 valence electrons. The standard InChI is InChI=1S/C17H20N2O3S/c20-16-15(23-17(21)18-16)12-13-4-6-14(7-5-13)22-11-10-19-8-2-1-3-9-19/h4-7,12H,1-3,8-11H2,(H,18,20,21). The molecule has 2 aliphatic heterocycles. The molecule has 3 rings (SSSR count). The quantitative estimate of drug-likeness (QED) is 0.840. The number of ether oxygens (including phenoxy) is 1. The summed E-state index contributed by atoms with van der Waals surface area (Å²) in [6, 6.07) is 7.56. The molecular formula is C17H20N2O3S. The van der Waals surface area contributed by atoms with Crippen molar-refractivity contribution < 1.29 is 14.3 Å². The molecule has 0 unspecified atom stereocenters. The smallest absolute Gasteiger partial charge is 0.290 e. The molecule has 1 aromatic carbocycles. The third-order valence-electron chi connectivity index (χ3n) is 3.94. The number of likely N-dealkylation sites (tertiary alicyclic amines) is 1. The van der Waals surface area contributed by atoms with Crippen molar-refractivity contribution >= 4 is 29.0 Å². The monoisotopic (exact) mass is 332 g/mol. The van der Waals surface area contributed by atoms with E-state index in [1.54, 1.807) is 6.08 Å². The van der Waals surface area contributed by atoms with Gasteiger partial charge in [0.05, 0.1) is 4.91 Å². The largest absolute Gasteiger partial charge is 0.492 e. The van der Waals surface area contributed by atoms with Crippen LogP contribution in [0.3, 0.4) is 0 Å². The highest BCUT2D eigenvalue weighted by Crippen LogP contribution is 2.26. The van der Waals surface area contributed by atoms with Crippen LogP contribution in [0, 0.1) is 0 Å². The van der Waals surface area contributed by atoms with E-state index in [-0.39, 0.29) is 11.1 Å². The Kier molecular flexibility index (Phi) is 5.35. The number of imide groups is 1. The van der Waals surface area contributed by atoms with Crippen LogP contribution in [-0.2, 0) is 4.79 Å². The second-order valence-corrected chi connectivity index (χ2v) is 6.69. The van der Waals surface area contributed by atoms with Crippen LogP contribution < -0.4 is 10.1 Å². The Labute approximate surface area is 140 Å². The molecule has 0 atom stereocenters. The van der Waals surface area contributed by atoms with Crippen molar-refractivity contribution in [1.82, 2.24) is 10.2 Å². The van der Waals surface area contributed by atoms with E-state index in [4.69, 9.17) is 4.74 Å². The zero-order chi connectivity index (χ0) is 16.1. The molecule has 1 aromatic rings. The van der Waals surface area contributed by atoms with Crippen molar-refractivity contribution in [3.8, 4) is 5.75 Å². The van der Waals surface area contributed by atoms with Gasteiger partial charge in [0.25, 0.3) is 11.1 Å². The first-order valence-electron chi connectivity index (χ1n) is 7.91. The summed E-state index contributed by atoms with van der Waals surface area (Å²) in [6.07, 6.45) is 5.63. The molecule has 2 heterocycles. The highest BCUT2D eigenvalue weighted by Gasteiger charge is 2.24. The van der Waals surface area contributed by atoms with Crippen molar-refractivity contribution in [1.29, 1.82) is 0 Å². The van der Waals surface area contributed by atoms with Crippen molar-refractivity contribution in [3.63, 3.8) is 0 Å². The van der Waals surface area contributed by atoms with Crippen LogP contribution in [0.1, 0.15) is 24.8 Å². The first-order valence-corrected chi connectivity index (χ1v) is 8.72. The number of hydrogen-bond acceptors (Lipinski definition) is 5. The summed E-state index contributed by atoms with van der Waals surface area (Å²) in [6.45, 7) is 4.00. The van der Waals surface area contributed by atoms with E-state index in [9.17, 15) is 9.59 Å². The summed E-state index contributed by atoms with van der Waals surface area (Å²) in [5.74, 6) is 0.491. The van der Waals surface area contributed by atoms with E-state index in [1.165, 1.54) is 32.4 Å². The number of rotatable bonds is 5. The minimum Gasteiger partial charge on any atom is -0.492 e.